The number of hydrogen-bond donors (Lipinski definition) is 0. The molecule has 0 aliphatic heterocycles. The molecule has 1 aliphatic carbocycles. The summed E-state index contributed by atoms with van der Waals surface area (Å²) in [5, 5.41) is 3.12. The van der Waals surface area contributed by atoms with Crippen molar-refractivity contribution < 1.29 is 4.79 Å². The van der Waals surface area contributed by atoms with Crippen LogP contribution in [-0.2, 0) is 11.2 Å². The van der Waals surface area contributed by atoms with Crippen molar-refractivity contribution in [3.63, 3.8) is 0 Å². The molecule has 0 spiro atoms. The van der Waals surface area contributed by atoms with Crippen molar-refractivity contribution in [3.8, 4) is 0 Å². The molecular weight excluding hydrogens is 194 g/mol. The summed E-state index contributed by atoms with van der Waals surface area (Å²) >= 11 is 1.63. The van der Waals surface area contributed by atoms with Crippen molar-refractivity contribution in [2.24, 2.45) is 0 Å². The highest BCUT2D eigenvalue weighted by Crippen LogP contribution is 2.34. The zero-order valence-electron chi connectivity index (χ0n) is 8.45. The normalized spacial score (nSPS) is 17.5. The van der Waals surface area contributed by atoms with E-state index in [-0.39, 0.29) is 5.78 Å². The Kier molecular flexibility index (Phi) is 2.96. The molecule has 1 aromatic heterocycles. The van der Waals surface area contributed by atoms with Crippen molar-refractivity contribution in [2.45, 2.75) is 44.9 Å². The fourth-order valence-corrected chi connectivity index (χ4v) is 2.97. The van der Waals surface area contributed by atoms with Crippen LogP contribution in [0.1, 0.15) is 49.2 Å². The van der Waals surface area contributed by atoms with Crippen LogP contribution >= 0.6 is 11.3 Å². The largest absolute Gasteiger partial charge is 0.300 e. The second-order valence-corrected chi connectivity index (χ2v) is 4.97. The molecule has 1 aromatic rings. The van der Waals surface area contributed by atoms with Crippen LogP contribution in [0.5, 0.6) is 0 Å². The quantitative estimate of drug-likeness (QED) is 0.766. The van der Waals surface area contributed by atoms with Gasteiger partial charge in [-0.2, -0.15) is 0 Å². The van der Waals surface area contributed by atoms with Gasteiger partial charge in [-0.1, -0.05) is 12.8 Å². The Hall–Kier alpha value is -0.700. The first-order chi connectivity index (χ1) is 6.75. The van der Waals surface area contributed by atoms with E-state index in [2.05, 4.69) is 10.4 Å². The van der Waals surface area contributed by atoms with Gasteiger partial charge >= 0.3 is 0 Å². The second-order valence-electron chi connectivity index (χ2n) is 4.03. The fourth-order valence-electron chi connectivity index (χ4n) is 2.03. The summed E-state index contributed by atoms with van der Waals surface area (Å²) < 4.78 is 0. The predicted molar refractivity (Wildman–Crippen MR) is 57.7 cm³/mol. The van der Waals surface area contributed by atoms with Gasteiger partial charge in [0.25, 0.3) is 0 Å². The van der Waals surface area contributed by atoms with E-state index in [1.165, 1.54) is 31.4 Å². The number of Topliss-reactive ketones (excluding diaryl/α,β-unsaturated/α-hetero) is 1. The summed E-state index contributed by atoms with van der Waals surface area (Å²) in [5.41, 5.74) is 1.23. The maximum atomic E-state index is 10.9. The first-order valence-electron chi connectivity index (χ1n) is 5.19. The molecule has 76 valence electrons. The summed E-state index contributed by atoms with van der Waals surface area (Å²) in [4.78, 5) is 15.4. The van der Waals surface area contributed by atoms with Crippen molar-refractivity contribution in [1.29, 1.82) is 0 Å². The summed E-state index contributed by atoms with van der Waals surface area (Å²) in [6.45, 7) is 1.62. The Balaban J connectivity index is 2.05. The highest BCUT2D eigenvalue weighted by molar-refractivity contribution is 7.09. The number of carbonyl (C=O) groups is 1. The van der Waals surface area contributed by atoms with Crippen molar-refractivity contribution in [3.05, 3.63) is 16.1 Å². The molecule has 1 saturated carbocycles. The van der Waals surface area contributed by atoms with Gasteiger partial charge in [-0.3, -0.25) is 4.79 Å². The zero-order chi connectivity index (χ0) is 9.97. The van der Waals surface area contributed by atoms with Gasteiger partial charge in [0.1, 0.15) is 10.8 Å². The fraction of sp³-hybridized carbons (Fsp3) is 0.636. The van der Waals surface area contributed by atoms with E-state index in [0.717, 1.165) is 5.01 Å². The van der Waals surface area contributed by atoms with E-state index >= 15 is 0 Å². The van der Waals surface area contributed by atoms with Gasteiger partial charge in [-0.25, -0.2) is 4.98 Å². The van der Waals surface area contributed by atoms with Crippen LogP contribution in [0.3, 0.4) is 0 Å². The molecule has 0 saturated heterocycles. The SMILES string of the molecule is CC(=O)Cc1nc(C2CCCC2)cs1. The number of rotatable bonds is 3. The molecule has 0 N–H and O–H groups in total. The Morgan fingerprint density at radius 3 is 2.93 bits per heavy atom. The minimum atomic E-state index is 0.206. The molecule has 2 rings (SSSR count). The first kappa shape index (κ1) is 9.84. The van der Waals surface area contributed by atoms with Gasteiger partial charge in [0.15, 0.2) is 0 Å². The molecule has 0 atom stereocenters. The molecule has 0 aromatic carbocycles. The third-order valence-electron chi connectivity index (χ3n) is 2.74. The third-order valence-corrected chi connectivity index (χ3v) is 3.61. The van der Waals surface area contributed by atoms with Crippen LogP contribution in [-0.4, -0.2) is 10.8 Å². The van der Waals surface area contributed by atoms with E-state index < -0.39 is 0 Å². The molecule has 14 heavy (non-hydrogen) atoms. The van der Waals surface area contributed by atoms with Gasteiger partial charge in [0, 0.05) is 11.3 Å². The monoisotopic (exact) mass is 209 g/mol. The smallest absolute Gasteiger partial charge is 0.136 e. The lowest BCUT2D eigenvalue weighted by atomic mass is 10.1. The van der Waals surface area contributed by atoms with E-state index in [0.29, 0.717) is 12.3 Å². The highest BCUT2D eigenvalue weighted by Gasteiger charge is 2.19. The number of thiazole rings is 1. The lowest BCUT2D eigenvalue weighted by Crippen LogP contribution is -1.97. The second kappa shape index (κ2) is 4.22. The van der Waals surface area contributed by atoms with E-state index in [1.807, 2.05) is 0 Å². The standard InChI is InChI=1S/C11H15NOS/c1-8(13)6-11-12-10(7-14-11)9-4-2-3-5-9/h7,9H,2-6H2,1H3. The Bertz CT molecular complexity index is 326. The minimum absolute atomic E-state index is 0.206. The van der Waals surface area contributed by atoms with Crippen LogP contribution in [0.4, 0.5) is 0 Å². The van der Waals surface area contributed by atoms with E-state index in [4.69, 9.17) is 0 Å². The molecule has 0 bridgehead atoms. The average Bonchev–Trinajstić information content (AvgIpc) is 2.69. The molecule has 2 nitrogen and oxygen atoms in total. The van der Waals surface area contributed by atoms with E-state index in [1.54, 1.807) is 18.3 Å². The number of aromatic nitrogens is 1. The number of hydrogen-bond acceptors (Lipinski definition) is 3. The van der Waals surface area contributed by atoms with Crippen LogP contribution in [0.25, 0.3) is 0 Å². The van der Waals surface area contributed by atoms with Gasteiger partial charge in [0.2, 0.25) is 0 Å². The summed E-state index contributed by atoms with van der Waals surface area (Å²) in [5.74, 6) is 0.879. The number of nitrogens with zero attached hydrogens (tertiary/aromatic N) is 1. The maximum absolute atomic E-state index is 10.9. The molecule has 1 fully saturated rings. The molecule has 0 unspecified atom stereocenters. The Morgan fingerprint density at radius 1 is 1.57 bits per heavy atom. The van der Waals surface area contributed by atoms with Crippen LogP contribution in [0.2, 0.25) is 0 Å². The molecule has 1 aliphatic rings. The highest BCUT2D eigenvalue weighted by atomic mass is 32.1. The molecule has 1 heterocycles. The van der Waals surface area contributed by atoms with Gasteiger partial charge < -0.3 is 0 Å². The maximum Gasteiger partial charge on any atom is 0.136 e. The average molecular weight is 209 g/mol. The van der Waals surface area contributed by atoms with Gasteiger partial charge in [-0.15, -0.1) is 11.3 Å². The number of ketones is 1. The molecule has 0 radical (unpaired) electrons. The molecule has 3 heteroatoms. The third kappa shape index (κ3) is 2.21. The number of carbonyl (C=O) groups excluding carboxylic acids is 1. The lowest BCUT2D eigenvalue weighted by molar-refractivity contribution is -0.116. The van der Waals surface area contributed by atoms with Gasteiger partial charge in [-0.05, 0) is 19.8 Å². The van der Waals surface area contributed by atoms with Crippen LogP contribution in [0.15, 0.2) is 5.38 Å². The van der Waals surface area contributed by atoms with Crippen molar-refractivity contribution >= 4 is 17.1 Å². The minimum Gasteiger partial charge on any atom is -0.300 e. The summed E-state index contributed by atoms with van der Waals surface area (Å²) in [7, 11) is 0. The van der Waals surface area contributed by atoms with Crippen LogP contribution in [0, 0.1) is 0 Å². The summed E-state index contributed by atoms with van der Waals surface area (Å²) in [6.07, 6.45) is 5.75. The predicted octanol–water partition coefficient (Wildman–Crippen LogP) is 2.93. The lowest BCUT2D eigenvalue weighted by Gasteiger charge is -2.02. The Morgan fingerprint density at radius 2 is 2.29 bits per heavy atom. The van der Waals surface area contributed by atoms with Crippen molar-refractivity contribution in [2.75, 3.05) is 0 Å². The molecular formula is C11H15NOS. The van der Waals surface area contributed by atoms with Crippen LogP contribution < -0.4 is 0 Å². The zero-order valence-corrected chi connectivity index (χ0v) is 9.27. The van der Waals surface area contributed by atoms with Gasteiger partial charge in [0.05, 0.1) is 12.1 Å². The van der Waals surface area contributed by atoms with Crippen molar-refractivity contribution in [1.82, 2.24) is 4.98 Å². The topological polar surface area (TPSA) is 30.0 Å². The summed E-state index contributed by atoms with van der Waals surface area (Å²) in [6, 6.07) is 0. The first-order valence-corrected chi connectivity index (χ1v) is 6.07. The van der Waals surface area contributed by atoms with E-state index in [9.17, 15) is 4.79 Å². The Labute approximate surface area is 88.4 Å². The molecule has 0 amide bonds.